The Morgan fingerprint density at radius 1 is 1.15 bits per heavy atom. The quantitative estimate of drug-likeness (QED) is 0.761. The van der Waals surface area contributed by atoms with Gasteiger partial charge in [0.05, 0.1) is 5.69 Å². The van der Waals surface area contributed by atoms with E-state index in [1.54, 1.807) is 35.9 Å². The van der Waals surface area contributed by atoms with Crippen LogP contribution in [0.2, 0.25) is 0 Å². The fourth-order valence-electron chi connectivity index (χ4n) is 3.50. The van der Waals surface area contributed by atoms with Crippen LogP contribution in [-0.2, 0) is 19.4 Å². The number of fused-ring (bicyclic) bond motifs is 1. The summed E-state index contributed by atoms with van der Waals surface area (Å²) in [5.41, 5.74) is 4.48. The van der Waals surface area contributed by atoms with Crippen LogP contribution in [0.3, 0.4) is 0 Å². The smallest absolute Gasteiger partial charge is 0.272 e. The van der Waals surface area contributed by atoms with Crippen molar-refractivity contribution in [3.8, 4) is 5.69 Å². The number of nitrogens with zero attached hydrogens (tertiary/aromatic N) is 2. The summed E-state index contributed by atoms with van der Waals surface area (Å²) in [7, 11) is 0. The van der Waals surface area contributed by atoms with Gasteiger partial charge in [-0.2, -0.15) is 5.10 Å². The van der Waals surface area contributed by atoms with Crippen molar-refractivity contribution in [2.24, 2.45) is 0 Å². The fraction of sp³-hybridized carbons (Fsp3) is 0.238. The van der Waals surface area contributed by atoms with E-state index in [1.165, 1.54) is 18.2 Å². The summed E-state index contributed by atoms with van der Waals surface area (Å²) < 4.78 is 28.3. The van der Waals surface area contributed by atoms with Crippen molar-refractivity contribution in [1.82, 2.24) is 15.1 Å². The first-order valence-electron chi connectivity index (χ1n) is 8.93. The molecule has 1 aromatic heterocycles. The highest BCUT2D eigenvalue weighted by atomic mass is 19.1. The maximum Gasteiger partial charge on any atom is 0.272 e. The molecule has 1 N–H and O–H groups in total. The standard InChI is InChI=1S/C21H19F2N3O/c1-13-11-14(5-10-18(13)23)12-24-21(27)20-17-3-2-4-19(17)26(25-20)16-8-6-15(22)7-9-16/h5-11H,2-4,12H2,1H3,(H,24,27). The molecule has 1 amide bonds. The van der Waals surface area contributed by atoms with Crippen LogP contribution in [-0.4, -0.2) is 15.7 Å². The molecule has 0 atom stereocenters. The van der Waals surface area contributed by atoms with Gasteiger partial charge >= 0.3 is 0 Å². The lowest BCUT2D eigenvalue weighted by Gasteiger charge is -2.06. The van der Waals surface area contributed by atoms with Gasteiger partial charge in [0.1, 0.15) is 11.6 Å². The van der Waals surface area contributed by atoms with Crippen molar-refractivity contribution in [2.75, 3.05) is 0 Å². The summed E-state index contributed by atoms with van der Waals surface area (Å²) in [6.45, 7) is 2.00. The van der Waals surface area contributed by atoms with Gasteiger partial charge < -0.3 is 5.32 Å². The van der Waals surface area contributed by atoms with Gasteiger partial charge in [-0.25, -0.2) is 13.5 Å². The van der Waals surface area contributed by atoms with E-state index in [0.29, 0.717) is 17.8 Å². The molecule has 1 aliphatic carbocycles. The van der Waals surface area contributed by atoms with Gasteiger partial charge in [0.2, 0.25) is 0 Å². The van der Waals surface area contributed by atoms with E-state index in [4.69, 9.17) is 0 Å². The number of aromatic nitrogens is 2. The van der Waals surface area contributed by atoms with Crippen molar-refractivity contribution >= 4 is 5.91 Å². The van der Waals surface area contributed by atoms with Gasteiger partial charge in [0.15, 0.2) is 5.69 Å². The second-order valence-electron chi connectivity index (χ2n) is 6.78. The Kier molecular flexibility index (Phi) is 4.48. The lowest BCUT2D eigenvalue weighted by atomic mass is 10.1. The molecule has 0 radical (unpaired) electrons. The number of aryl methyl sites for hydroxylation is 1. The lowest BCUT2D eigenvalue weighted by molar-refractivity contribution is 0.0944. The molecule has 0 aliphatic heterocycles. The van der Waals surface area contributed by atoms with E-state index < -0.39 is 0 Å². The molecule has 0 saturated carbocycles. The largest absolute Gasteiger partial charge is 0.347 e. The molecule has 1 aliphatic rings. The van der Waals surface area contributed by atoms with Gasteiger partial charge in [0.25, 0.3) is 5.91 Å². The second-order valence-corrected chi connectivity index (χ2v) is 6.78. The summed E-state index contributed by atoms with van der Waals surface area (Å²) in [6, 6.07) is 10.9. The number of hydrogen-bond donors (Lipinski definition) is 1. The summed E-state index contributed by atoms with van der Waals surface area (Å²) >= 11 is 0. The van der Waals surface area contributed by atoms with E-state index in [0.717, 1.165) is 41.8 Å². The highest BCUT2D eigenvalue weighted by Gasteiger charge is 2.26. The molecule has 3 aromatic rings. The number of nitrogens with one attached hydrogen (secondary N) is 1. The molecular weight excluding hydrogens is 348 g/mol. The number of amides is 1. The molecule has 0 fully saturated rings. The molecule has 138 valence electrons. The summed E-state index contributed by atoms with van der Waals surface area (Å²) in [6.07, 6.45) is 2.60. The molecule has 2 aromatic carbocycles. The molecule has 0 spiro atoms. The predicted octanol–water partition coefficient (Wildman–Crippen LogP) is 3.88. The number of hydrogen-bond acceptors (Lipinski definition) is 2. The van der Waals surface area contributed by atoms with Crippen LogP contribution in [0.5, 0.6) is 0 Å². The molecule has 4 rings (SSSR count). The fourth-order valence-corrected chi connectivity index (χ4v) is 3.50. The molecular formula is C21H19F2N3O. The average Bonchev–Trinajstić information content (AvgIpc) is 3.26. The number of halogens is 2. The second kappa shape index (κ2) is 6.95. The van der Waals surface area contributed by atoms with E-state index in [1.807, 2.05) is 0 Å². The van der Waals surface area contributed by atoms with Crippen LogP contribution in [0.1, 0.15) is 39.3 Å². The number of rotatable bonds is 4. The summed E-state index contributed by atoms with van der Waals surface area (Å²) in [5.74, 6) is -0.827. The normalized spacial score (nSPS) is 12.9. The number of carbonyl (C=O) groups is 1. The minimum Gasteiger partial charge on any atom is -0.347 e. The van der Waals surface area contributed by atoms with Gasteiger partial charge in [-0.15, -0.1) is 0 Å². The summed E-state index contributed by atoms with van der Waals surface area (Å²) in [5, 5.41) is 7.37. The zero-order valence-corrected chi connectivity index (χ0v) is 14.9. The van der Waals surface area contributed by atoms with Gasteiger partial charge in [0, 0.05) is 17.8 Å². The van der Waals surface area contributed by atoms with Crippen molar-refractivity contribution in [1.29, 1.82) is 0 Å². The lowest BCUT2D eigenvalue weighted by Crippen LogP contribution is -2.24. The third kappa shape index (κ3) is 3.35. The van der Waals surface area contributed by atoms with E-state index >= 15 is 0 Å². The van der Waals surface area contributed by atoms with Gasteiger partial charge in [-0.1, -0.05) is 12.1 Å². The number of carbonyl (C=O) groups excluding carboxylic acids is 1. The Morgan fingerprint density at radius 2 is 1.93 bits per heavy atom. The Bertz CT molecular complexity index is 1010. The van der Waals surface area contributed by atoms with Gasteiger partial charge in [-0.05, 0) is 67.6 Å². The minimum atomic E-state index is -0.310. The van der Waals surface area contributed by atoms with Crippen molar-refractivity contribution < 1.29 is 13.6 Å². The minimum absolute atomic E-state index is 0.254. The molecule has 27 heavy (non-hydrogen) atoms. The van der Waals surface area contributed by atoms with E-state index in [2.05, 4.69) is 10.4 Å². The van der Waals surface area contributed by atoms with Crippen molar-refractivity contribution in [2.45, 2.75) is 32.7 Å². The van der Waals surface area contributed by atoms with Crippen LogP contribution in [0.15, 0.2) is 42.5 Å². The zero-order chi connectivity index (χ0) is 19.0. The maximum absolute atomic E-state index is 13.4. The monoisotopic (exact) mass is 367 g/mol. The molecule has 6 heteroatoms. The Balaban J connectivity index is 1.58. The number of benzene rings is 2. The Hall–Kier alpha value is -3.02. The van der Waals surface area contributed by atoms with Crippen LogP contribution in [0.25, 0.3) is 5.69 Å². The first-order chi connectivity index (χ1) is 13.0. The highest BCUT2D eigenvalue weighted by molar-refractivity contribution is 5.94. The van der Waals surface area contributed by atoms with Crippen LogP contribution in [0, 0.1) is 18.6 Å². The third-order valence-electron chi connectivity index (χ3n) is 4.89. The molecule has 4 nitrogen and oxygen atoms in total. The van der Waals surface area contributed by atoms with Crippen LogP contribution < -0.4 is 5.32 Å². The SMILES string of the molecule is Cc1cc(CNC(=O)c2nn(-c3ccc(F)cc3)c3c2CCC3)ccc1F. The zero-order valence-electron chi connectivity index (χ0n) is 14.9. The molecule has 1 heterocycles. The van der Waals surface area contributed by atoms with Gasteiger partial charge in [-0.3, -0.25) is 4.79 Å². The Morgan fingerprint density at radius 3 is 2.67 bits per heavy atom. The summed E-state index contributed by atoms with van der Waals surface area (Å²) in [4.78, 5) is 12.7. The van der Waals surface area contributed by atoms with Crippen LogP contribution >= 0.6 is 0 Å². The van der Waals surface area contributed by atoms with Crippen LogP contribution in [0.4, 0.5) is 8.78 Å². The van der Waals surface area contributed by atoms with Crippen molar-refractivity contribution in [3.05, 3.63) is 82.2 Å². The van der Waals surface area contributed by atoms with Crippen molar-refractivity contribution in [3.63, 3.8) is 0 Å². The average molecular weight is 367 g/mol. The third-order valence-corrected chi connectivity index (χ3v) is 4.89. The van der Waals surface area contributed by atoms with E-state index in [-0.39, 0.29) is 17.5 Å². The topological polar surface area (TPSA) is 46.9 Å². The molecule has 0 unspecified atom stereocenters. The molecule has 0 saturated heterocycles. The maximum atomic E-state index is 13.4. The van der Waals surface area contributed by atoms with E-state index in [9.17, 15) is 13.6 Å². The highest BCUT2D eigenvalue weighted by Crippen LogP contribution is 2.28. The Labute approximate surface area is 155 Å². The first-order valence-corrected chi connectivity index (χ1v) is 8.93. The first kappa shape index (κ1) is 17.4. The predicted molar refractivity (Wildman–Crippen MR) is 97.9 cm³/mol. The molecule has 0 bridgehead atoms.